The van der Waals surface area contributed by atoms with Crippen LogP contribution < -0.4 is 0 Å². The summed E-state index contributed by atoms with van der Waals surface area (Å²) in [5, 5.41) is 12.6. The van der Waals surface area contributed by atoms with Gasteiger partial charge in [-0.3, -0.25) is 4.68 Å². The summed E-state index contributed by atoms with van der Waals surface area (Å²) in [6, 6.07) is 1.98. The lowest BCUT2D eigenvalue weighted by atomic mass is 10.2. The van der Waals surface area contributed by atoms with Crippen molar-refractivity contribution in [2.75, 3.05) is 11.5 Å². The summed E-state index contributed by atoms with van der Waals surface area (Å²) in [6.07, 6.45) is 4.32. The lowest BCUT2D eigenvalue weighted by Crippen LogP contribution is -2.11. The zero-order valence-electron chi connectivity index (χ0n) is 8.13. The average molecular weight is 225 g/mol. The SMILES string of the molecule is N#CCc1cnn(C2CCS(=O)(=O)C2)c1. The minimum absolute atomic E-state index is 0.0533. The van der Waals surface area contributed by atoms with Crippen LogP contribution in [0.5, 0.6) is 0 Å². The van der Waals surface area contributed by atoms with Gasteiger partial charge in [0.05, 0.1) is 36.2 Å². The smallest absolute Gasteiger partial charge is 0.152 e. The average Bonchev–Trinajstić information content (AvgIpc) is 2.73. The fourth-order valence-corrected chi connectivity index (χ4v) is 3.45. The maximum Gasteiger partial charge on any atom is 0.152 e. The Morgan fingerprint density at radius 3 is 3.07 bits per heavy atom. The second kappa shape index (κ2) is 3.66. The first-order chi connectivity index (χ1) is 7.11. The minimum atomic E-state index is -2.87. The Morgan fingerprint density at radius 2 is 2.47 bits per heavy atom. The zero-order valence-corrected chi connectivity index (χ0v) is 8.94. The molecule has 2 heterocycles. The summed E-state index contributed by atoms with van der Waals surface area (Å²) in [5.41, 5.74) is 0.835. The second-order valence-electron chi connectivity index (χ2n) is 3.72. The van der Waals surface area contributed by atoms with E-state index >= 15 is 0 Å². The van der Waals surface area contributed by atoms with Gasteiger partial charge in [0, 0.05) is 11.8 Å². The third-order valence-electron chi connectivity index (χ3n) is 2.52. The number of sulfone groups is 1. The highest BCUT2D eigenvalue weighted by Gasteiger charge is 2.29. The van der Waals surface area contributed by atoms with Crippen LogP contribution in [0.4, 0.5) is 0 Å². The molecule has 0 amide bonds. The summed E-state index contributed by atoms with van der Waals surface area (Å²) >= 11 is 0. The fraction of sp³-hybridized carbons (Fsp3) is 0.556. The molecule has 0 bridgehead atoms. The van der Waals surface area contributed by atoms with Crippen LogP contribution in [0.3, 0.4) is 0 Å². The van der Waals surface area contributed by atoms with Gasteiger partial charge in [-0.1, -0.05) is 0 Å². The van der Waals surface area contributed by atoms with Crippen LogP contribution in [0.2, 0.25) is 0 Å². The van der Waals surface area contributed by atoms with Gasteiger partial charge in [-0.05, 0) is 6.42 Å². The van der Waals surface area contributed by atoms with Crippen LogP contribution in [0.1, 0.15) is 18.0 Å². The molecule has 80 valence electrons. The van der Waals surface area contributed by atoms with E-state index in [0.717, 1.165) is 5.56 Å². The van der Waals surface area contributed by atoms with E-state index in [2.05, 4.69) is 5.10 Å². The van der Waals surface area contributed by atoms with Gasteiger partial charge in [0.1, 0.15) is 0 Å². The van der Waals surface area contributed by atoms with Gasteiger partial charge >= 0.3 is 0 Å². The standard InChI is InChI=1S/C9H11N3O2S/c10-3-1-8-5-11-12(6-8)9-2-4-15(13,14)7-9/h5-6,9H,1-2,4,7H2. The summed E-state index contributed by atoms with van der Waals surface area (Å²) in [4.78, 5) is 0. The van der Waals surface area contributed by atoms with Gasteiger partial charge in [-0.25, -0.2) is 8.42 Å². The lowest BCUT2D eigenvalue weighted by molar-refractivity contribution is 0.499. The number of hydrogen-bond donors (Lipinski definition) is 0. The second-order valence-corrected chi connectivity index (χ2v) is 5.95. The van der Waals surface area contributed by atoms with E-state index < -0.39 is 9.84 Å². The molecule has 5 nitrogen and oxygen atoms in total. The lowest BCUT2D eigenvalue weighted by Gasteiger charge is -2.06. The first-order valence-corrected chi connectivity index (χ1v) is 6.53. The predicted molar refractivity (Wildman–Crippen MR) is 53.9 cm³/mol. The molecule has 1 aliphatic rings. The number of nitrogens with zero attached hydrogens (tertiary/aromatic N) is 3. The number of aromatic nitrogens is 2. The van der Waals surface area contributed by atoms with Gasteiger partial charge in [0.25, 0.3) is 0 Å². The topological polar surface area (TPSA) is 75.8 Å². The van der Waals surface area contributed by atoms with Crippen LogP contribution in [0.25, 0.3) is 0 Å². The molecule has 0 saturated carbocycles. The largest absolute Gasteiger partial charge is 0.268 e. The van der Waals surface area contributed by atoms with Crippen LogP contribution in [0, 0.1) is 11.3 Å². The van der Waals surface area contributed by atoms with Gasteiger partial charge in [-0.2, -0.15) is 10.4 Å². The van der Waals surface area contributed by atoms with Gasteiger partial charge in [-0.15, -0.1) is 0 Å². The molecule has 1 saturated heterocycles. The summed E-state index contributed by atoms with van der Waals surface area (Å²) < 4.78 is 24.2. The van der Waals surface area contributed by atoms with E-state index in [1.54, 1.807) is 17.1 Å². The zero-order chi connectivity index (χ0) is 10.9. The van der Waals surface area contributed by atoms with E-state index in [1.165, 1.54) is 0 Å². The highest BCUT2D eigenvalue weighted by atomic mass is 32.2. The molecule has 1 unspecified atom stereocenters. The van der Waals surface area contributed by atoms with Gasteiger partial charge in [0.2, 0.25) is 0 Å². The number of rotatable bonds is 2. The summed E-state index contributed by atoms with van der Waals surface area (Å²) in [7, 11) is -2.87. The van der Waals surface area contributed by atoms with E-state index in [0.29, 0.717) is 12.8 Å². The van der Waals surface area contributed by atoms with Gasteiger partial charge < -0.3 is 0 Å². The Balaban J connectivity index is 2.15. The molecule has 1 atom stereocenters. The first-order valence-electron chi connectivity index (χ1n) is 4.71. The molecule has 6 heteroatoms. The maximum absolute atomic E-state index is 11.3. The van der Waals surface area contributed by atoms with Gasteiger partial charge in [0.15, 0.2) is 9.84 Å². The molecule has 0 N–H and O–H groups in total. The Labute approximate surface area is 88.2 Å². The van der Waals surface area contributed by atoms with Crippen LogP contribution in [-0.4, -0.2) is 29.7 Å². The van der Waals surface area contributed by atoms with Crippen molar-refractivity contribution in [2.45, 2.75) is 18.9 Å². The van der Waals surface area contributed by atoms with Crippen molar-refractivity contribution in [1.82, 2.24) is 9.78 Å². The minimum Gasteiger partial charge on any atom is -0.268 e. The number of nitriles is 1. The Bertz CT molecular complexity index is 498. The van der Waals surface area contributed by atoms with Crippen LogP contribution in [0.15, 0.2) is 12.4 Å². The normalized spacial score (nSPS) is 23.8. The molecule has 0 spiro atoms. The van der Waals surface area contributed by atoms with Crippen LogP contribution in [-0.2, 0) is 16.3 Å². The molecule has 1 aromatic heterocycles. The Hall–Kier alpha value is -1.35. The molecule has 1 aliphatic heterocycles. The third-order valence-corrected chi connectivity index (χ3v) is 4.27. The molecular formula is C9H11N3O2S. The predicted octanol–water partition coefficient (Wildman–Crippen LogP) is 0.309. The molecule has 15 heavy (non-hydrogen) atoms. The number of hydrogen-bond acceptors (Lipinski definition) is 4. The van der Waals surface area contributed by atoms with E-state index in [-0.39, 0.29) is 17.5 Å². The van der Waals surface area contributed by atoms with Crippen molar-refractivity contribution >= 4 is 9.84 Å². The Morgan fingerprint density at radius 1 is 1.67 bits per heavy atom. The molecule has 0 radical (unpaired) electrons. The van der Waals surface area contributed by atoms with Crippen molar-refractivity contribution in [3.05, 3.63) is 18.0 Å². The molecular weight excluding hydrogens is 214 g/mol. The third kappa shape index (κ3) is 2.18. The maximum atomic E-state index is 11.3. The summed E-state index contributed by atoms with van der Waals surface area (Å²) in [6.45, 7) is 0. The quantitative estimate of drug-likeness (QED) is 0.725. The molecule has 0 aromatic carbocycles. The molecule has 2 rings (SSSR count). The Kier molecular flexibility index (Phi) is 2.49. The van der Waals surface area contributed by atoms with Crippen LogP contribution >= 0.6 is 0 Å². The molecule has 1 fully saturated rings. The highest BCUT2D eigenvalue weighted by molar-refractivity contribution is 7.91. The van der Waals surface area contributed by atoms with Crippen molar-refractivity contribution in [3.63, 3.8) is 0 Å². The molecule has 0 aliphatic carbocycles. The monoisotopic (exact) mass is 225 g/mol. The molecule has 1 aromatic rings. The fourth-order valence-electron chi connectivity index (χ4n) is 1.74. The van der Waals surface area contributed by atoms with E-state index in [4.69, 9.17) is 5.26 Å². The highest BCUT2D eigenvalue weighted by Crippen LogP contribution is 2.22. The van der Waals surface area contributed by atoms with E-state index in [9.17, 15) is 8.42 Å². The van der Waals surface area contributed by atoms with Crippen molar-refractivity contribution < 1.29 is 8.42 Å². The van der Waals surface area contributed by atoms with Crippen molar-refractivity contribution in [2.24, 2.45) is 0 Å². The first kappa shape index (κ1) is 10.2. The van der Waals surface area contributed by atoms with E-state index in [1.807, 2.05) is 6.07 Å². The van der Waals surface area contributed by atoms with Crippen molar-refractivity contribution in [1.29, 1.82) is 5.26 Å². The van der Waals surface area contributed by atoms with Crippen molar-refractivity contribution in [3.8, 4) is 6.07 Å². The summed E-state index contributed by atoms with van der Waals surface area (Å²) in [5.74, 6) is 0.409.